The quantitative estimate of drug-likeness (QED) is 0.404. The van der Waals surface area contributed by atoms with Crippen LogP contribution in [0, 0.1) is 0 Å². The van der Waals surface area contributed by atoms with E-state index in [4.69, 9.17) is 4.52 Å². The number of halogens is 1. The van der Waals surface area contributed by atoms with Crippen LogP contribution in [-0.4, -0.2) is 20.6 Å². The van der Waals surface area contributed by atoms with Crippen molar-refractivity contribution in [3.05, 3.63) is 87.3 Å². The maximum absolute atomic E-state index is 12.5. The summed E-state index contributed by atoms with van der Waals surface area (Å²) in [7, 11) is 0. The van der Waals surface area contributed by atoms with E-state index in [-0.39, 0.29) is 23.9 Å². The summed E-state index contributed by atoms with van der Waals surface area (Å²) < 4.78 is 7.64. The molecule has 0 fully saturated rings. The van der Waals surface area contributed by atoms with E-state index in [0.717, 1.165) is 10.0 Å². The van der Waals surface area contributed by atoms with Gasteiger partial charge in [-0.15, -0.1) is 0 Å². The van der Waals surface area contributed by atoms with Gasteiger partial charge in [-0.2, -0.15) is 4.98 Å². The number of aromatic nitrogens is 3. The highest BCUT2D eigenvalue weighted by Crippen LogP contribution is 2.23. The van der Waals surface area contributed by atoms with E-state index in [1.165, 1.54) is 16.2 Å². The van der Waals surface area contributed by atoms with Gasteiger partial charge in [-0.05, 0) is 53.9 Å². The number of carbonyl (C=O) groups excluding carboxylic acids is 1. The van der Waals surface area contributed by atoms with Crippen LogP contribution in [0.15, 0.2) is 80.7 Å². The number of nitrogens with zero attached hydrogens (tertiary/aromatic N) is 3. The molecule has 1 amide bonds. The van der Waals surface area contributed by atoms with E-state index in [2.05, 4.69) is 45.2 Å². The molecule has 0 unspecified atom stereocenters. The molecule has 0 aliphatic rings. The van der Waals surface area contributed by atoms with Crippen LogP contribution in [-0.2, 0) is 11.3 Å². The average Bonchev–Trinajstić information content (AvgIpc) is 3.26. The molecule has 0 spiro atoms. The minimum atomic E-state index is -0.303. The van der Waals surface area contributed by atoms with Crippen molar-refractivity contribution in [1.82, 2.24) is 14.7 Å². The van der Waals surface area contributed by atoms with Crippen molar-refractivity contribution < 1.29 is 9.32 Å². The SMILES string of the molecule is CC(C)c1ccc(NC(=O)Cn2cc(-c3nc(-c4ccc(Br)cc4)no3)ccc2=O)cc1. The summed E-state index contributed by atoms with van der Waals surface area (Å²) in [5, 5.41) is 6.83. The molecule has 0 aliphatic heterocycles. The lowest BCUT2D eigenvalue weighted by atomic mass is 10.0. The predicted octanol–water partition coefficient (Wildman–Crippen LogP) is 5.09. The zero-order valence-corrected chi connectivity index (χ0v) is 19.2. The Labute approximate surface area is 193 Å². The molecule has 8 heteroatoms. The fourth-order valence-electron chi connectivity index (χ4n) is 3.14. The number of pyridine rings is 1. The average molecular weight is 493 g/mol. The molecule has 4 aromatic rings. The van der Waals surface area contributed by atoms with Gasteiger partial charge in [-0.1, -0.05) is 47.1 Å². The lowest BCUT2D eigenvalue weighted by Crippen LogP contribution is -2.26. The molecule has 1 N–H and O–H groups in total. The standard InChI is InChI=1S/C24H21BrN4O3/c1-15(2)16-5-10-20(11-6-16)26-21(30)14-29-13-18(7-12-22(29)31)24-27-23(28-32-24)17-3-8-19(25)9-4-17/h3-13,15H,14H2,1-2H3,(H,26,30). The molecule has 0 saturated carbocycles. The summed E-state index contributed by atoms with van der Waals surface area (Å²) in [5.41, 5.74) is 2.93. The Kier molecular flexibility index (Phi) is 6.32. The molecule has 4 rings (SSSR count). The zero-order valence-electron chi connectivity index (χ0n) is 17.6. The second kappa shape index (κ2) is 9.32. The summed E-state index contributed by atoms with van der Waals surface area (Å²) in [5.74, 6) is 0.812. The van der Waals surface area contributed by atoms with E-state index in [1.54, 1.807) is 12.3 Å². The van der Waals surface area contributed by atoms with Crippen LogP contribution in [0.5, 0.6) is 0 Å². The maximum atomic E-state index is 12.5. The first-order valence-corrected chi connectivity index (χ1v) is 10.9. The number of rotatable bonds is 6. The Bertz CT molecular complexity index is 1290. The monoisotopic (exact) mass is 492 g/mol. The largest absolute Gasteiger partial charge is 0.334 e. The van der Waals surface area contributed by atoms with Crippen molar-refractivity contribution in [1.29, 1.82) is 0 Å². The van der Waals surface area contributed by atoms with Gasteiger partial charge >= 0.3 is 0 Å². The Morgan fingerprint density at radius 3 is 2.41 bits per heavy atom. The Balaban J connectivity index is 1.50. The third-order valence-corrected chi connectivity index (χ3v) is 5.46. The highest BCUT2D eigenvalue weighted by molar-refractivity contribution is 9.10. The van der Waals surface area contributed by atoms with E-state index in [9.17, 15) is 9.59 Å². The first-order valence-electron chi connectivity index (χ1n) is 10.1. The van der Waals surface area contributed by atoms with Gasteiger partial charge in [-0.25, -0.2) is 0 Å². The minimum absolute atomic E-state index is 0.133. The van der Waals surface area contributed by atoms with E-state index >= 15 is 0 Å². The topological polar surface area (TPSA) is 90.0 Å². The van der Waals surface area contributed by atoms with E-state index in [0.29, 0.717) is 23.0 Å². The second-order valence-electron chi connectivity index (χ2n) is 7.64. The molecule has 0 aliphatic carbocycles. The molecule has 0 radical (unpaired) electrons. The second-order valence-corrected chi connectivity index (χ2v) is 8.55. The van der Waals surface area contributed by atoms with Gasteiger partial charge < -0.3 is 14.4 Å². The smallest absolute Gasteiger partial charge is 0.259 e. The van der Waals surface area contributed by atoms with Gasteiger partial charge in [0.1, 0.15) is 6.54 Å². The van der Waals surface area contributed by atoms with Crippen molar-refractivity contribution >= 4 is 27.5 Å². The fraction of sp³-hybridized carbons (Fsp3) is 0.167. The van der Waals surface area contributed by atoms with E-state index < -0.39 is 0 Å². The van der Waals surface area contributed by atoms with Crippen molar-refractivity contribution in [2.75, 3.05) is 5.32 Å². The first-order chi connectivity index (χ1) is 15.4. The number of hydrogen-bond acceptors (Lipinski definition) is 5. The molecule has 0 bridgehead atoms. The van der Waals surface area contributed by atoms with Gasteiger partial charge in [0.2, 0.25) is 11.7 Å². The van der Waals surface area contributed by atoms with Crippen LogP contribution < -0.4 is 10.9 Å². The molecule has 32 heavy (non-hydrogen) atoms. The Morgan fingerprint density at radius 2 is 1.72 bits per heavy atom. The zero-order chi connectivity index (χ0) is 22.7. The summed E-state index contributed by atoms with van der Waals surface area (Å²) >= 11 is 3.39. The van der Waals surface area contributed by atoms with Crippen molar-refractivity contribution in [3.8, 4) is 22.8 Å². The number of amides is 1. The normalized spacial score (nSPS) is 11.0. The highest BCUT2D eigenvalue weighted by Gasteiger charge is 2.13. The molecular formula is C24H21BrN4O3. The third-order valence-electron chi connectivity index (χ3n) is 4.93. The highest BCUT2D eigenvalue weighted by atomic mass is 79.9. The van der Waals surface area contributed by atoms with Gasteiger partial charge in [0.15, 0.2) is 0 Å². The lowest BCUT2D eigenvalue weighted by molar-refractivity contribution is -0.116. The summed E-state index contributed by atoms with van der Waals surface area (Å²) in [6, 6.07) is 18.2. The van der Waals surface area contributed by atoms with Crippen LogP contribution >= 0.6 is 15.9 Å². The molecule has 7 nitrogen and oxygen atoms in total. The minimum Gasteiger partial charge on any atom is -0.334 e. The molecule has 2 aromatic heterocycles. The van der Waals surface area contributed by atoms with Crippen molar-refractivity contribution in [3.63, 3.8) is 0 Å². The summed E-state index contributed by atoms with van der Waals surface area (Å²) in [6.45, 7) is 4.09. The van der Waals surface area contributed by atoms with Crippen LogP contribution in [0.1, 0.15) is 25.3 Å². The molecule has 0 atom stereocenters. The van der Waals surface area contributed by atoms with Crippen LogP contribution in [0.4, 0.5) is 5.69 Å². The predicted molar refractivity (Wildman–Crippen MR) is 126 cm³/mol. The number of carbonyl (C=O) groups is 1. The number of anilines is 1. The molecule has 0 saturated heterocycles. The van der Waals surface area contributed by atoms with Crippen LogP contribution in [0.3, 0.4) is 0 Å². The number of hydrogen-bond donors (Lipinski definition) is 1. The van der Waals surface area contributed by atoms with Crippen LogP contribution in [0.25, 0.3) is 22.8 Å². The van der Waals surface area contributed by atoms with Crippen molar-refractivity contribution in [2.45, 2.75) is 26.3 Å². The molecule has 2 aromatic carbocycles. The number of nitrogens with one attached hydrogen (secondary N) is 1. The molecule has 162 valence electrons. The Hall–Kier alpha value is -3.52. The fourth-order valence-corrected chi connectivity index (χ4v) is 3.41. The van der Waals surface area contributed by atoms with Gasteiger partial charge in [0.05, 0.1) is 5.56 Å². The summed E-state index contributed by atoms with van der Waals surface area (Å²) in [4.78, 5) is 29.2. The molecule has 2 heterocycles. The Morgan fingerprint density at radius 1 is 1.03 bits per heavy atom. The first kappa shape index (κ1) is 21.7. The van der Waals surface area contributed by atoms with E-state index in [1.807, 2.05) is 48.5 Å². The third kappa shape index (κ3) is 5.03. The van der Waals surface area contributed by atoms with Gasteiger partial charge in [-0.3, -0.25) is 9.59 Å². The lowest BCUT2D eigenvalue weighted by Gasteiger charge is -2.10. The van der Waals surface area contributed by atoms with Gasteiger partial charge in [0, 0.05) is 28.0 Å². The van der Waals surface area contributed by atoms with Crippen LogP contribution in [0.2, 0.25) is 0 Å². The summed E-state index contributed by atoms with van der Waals surface area (Å²) in [6.07, 6.45) is 1.54. The van der Waals surface area contributed by atoms with Gasteiger partial charge in [0.25, 0.3) is 11.4 Å². The number of benzene rings is 2. The maximum Gasteiger partial charge on any atom is 0.259 e. The van der Waals surface area contributed by atoms with Crippen molar-refractivity contribution in [2.24, 2.45) is 0 Å². The molecular weight excluding hydrogens is 472 g/mol.